The van der Waals surface area contributed by atoms with E-state index in [-0.39, 0.29) is 32.6 Å². The number of carbonyl (C=O) groups is 2. The Hall–Kier alpha value is -2.55. The molecular weight excluding hydrogens is 689 g/mol. The van der Waals surface area contributed by atoms with Crippen LogP contribution in [0.5, 0.6) is 0 Å². The molecule has 3 N–H and O–H groups in total. The lowest BCUT2D eigenvalue weighted by atomic mass is 10.1. The standard InChI is InChI=1S/C43H74NO8P/c1-3-5-7-9-11-13-15-17-19-20-22-24-26-28-30-32-34-36-43(46)52-41(40-51-53(47,48)50-38-37-44)39-49-42(45)35-33-31-29-27-25-23-21-18-16-14-12-10-8-6-4-2/h11-14,17-19,21-22,24-25,27,41H,3-10,15-16,20,23,26,28-40,44H2,1-2H3,(H,47,48). The van der Waals surface area contributed by atoms with Crippen molar-refractivity contribution in [3.05, 3.63) is 72.9 Å². The first-order valence-corrected chi connectivity index (χ1v) is 21.9. The van der Waals surface area contributed by atoms with Crippen molar-refractivity contribution in [3.8, 4) is 0 Å². The molecule has 53 heavy (non-hydrogen) atoms. The Morgan fingerprint density at radius 1 is 0.566 bits per heavy atom. The van der Waals surface area contributed by atoms with E-state index < -0.39 is 32.5 Å². The van der Waals surface area contributed by atoms with E-state index in [0.29, 0.717) is 12.8 Å². The summed E-state index contributed by atoms with van der Waals surface area (Å²) >= 11 is 0. The van der Waals surface area contributed by atoms with Gasteiger partial charge < -0.3 is 20.1 Å². The summed E-state index contributed by atoms with van der Waals surface area (Å²) in [5, 5.41) is 0. The third-order valence-corrected chi connectivity index (χ3v) is 9.05. The van der Waals surface area contributed by atoms with Crippen molar-refractivity contribution < 1.29 is 37.6 Å². The fraction of sp³-hybridized carbons (Fsp3) is 0.674. The van der Waals surface area contributed by atoms with Gasteiger partial charge in [0.2, 0.25) is 0 Å². The van der Waals surface area contributed by atoms with E-state index in [4.69, 9.17) is 24.3 Å². The van der Waals surface area contributed by atoms with Crippen LogP contribution in [0.4, 0.5) is 0 Å². The molecular formula is C43H74NO8P. The van der Waals surface area contributed by atoms with Crippen molar-refractivity contribution in [1.29, 1.82) is 0 Å². The van der Waals surface area contributed by atoms with Gasteiger partial charge in [-0.15, -0.1) is 0 Å². The Bertz CT molecular complexity index is 1100. The molecule has 0 aromatic rings. The topological polar surface area (TPSA) is 134 Å². The summed E-state index contributed by atoms with van der Waals surface area (Å²) < 4.78 is 32.7. The minimum absolute atomic E-state index is 0.0406. The first-order chi connectivity index (χ1) is 25.8. The van der Waals surface area contributed by atoms with Gasteiger partial charge in [0, 0.05) is 19.4 Å². The normalized spacial score (nSPS) is 14.1. The monoisotopic (exact) mass is 764 g/mol. The molecule has 0 aromatic heterocycles. The van der Waals surface area contributed by atoms with Crippen LogP contribution < -0.4 is 5.73 Å². The molecule has 0 fully saturated rings. The van der Waals surface area contributed by atoms with E-state index in [1.807, 2.05) is 0 Å². The van der Waals surface area contributed by atoms with Gasteiger partial charge in [0.1, 0.15) is 6.61 Å². The number of nitrogens with two attached hydrogens (primary N) is 1. The van der Waals surface area contributed by atoms with Gasteiger partial charge in [-0.1, -0.05) is 125 Å². The predicted octanol–water partition coefficient (Wildman–Crippen LogP) is 11.5. The third kappa shape index (κ3) is 39.0. The second-order valence-corrected chi connectivity index (χ2v) is 14.6. The quantitative estimate of drug-likeness (QED) is 0.0274. The fourth-order valence-electron chi connectivity index (χ4n) is 5.00. The number of hydrogen-bond acceptors (Lipinski definition) is 8. The first-order valence-electron chi connectivity index (χ1n) is 20.4. The minimum atomic E-state index is -4.39. The van der Waals surface area contributed by atoms with Crippen molar-refractivity contribution >= 4 is 19.8 Å². The van der Waals surface area contributed by atoms with E-state index in [1.54, 1.807) is 0 Å². The fourth-order valence-corrected chi connectivity index (χ4v) is 5.76. The lowest BCUT2D eigenvalue weighted by Crippen LogP contribution is -2.29. The van der Waals surface area contributed by atoms with Crippen LogP contribution in [0.15, 0.2) is 72.9 Å². The van der Waals surface area contributed by atoms with E-state index in [9.17, 15) is 19.0 Å². The van der Waals surface area contributed by atoms with Gasteiger partial charge in [0.25, 0.3) is 0 Å². The molecule has 0 rings (SSSR count). The molecule has 0 bridgehead atoms. The van der Waals surface area contributed by atoms with Crippen LogP contribution in [0.2, 0.25) is 0 Å². The van der Waals surface area contributed by atoms with Crippen molar-refractivity contribution in [2.24, 2.45) is 5.73 Å². The van der Waals surface area contributed by atoms with Gasteiger partial charge in [-0.2, -0.15) is 0 Å². The molecule has 0 aliphatic rings. The van der Waals surface area contributed by atoms with Crippen molar-refractivity contribution in [3.63, 3.8) is 0 Å². The summed E-state index contributed by atoms with van der Waals surface area (Å²) in [6.45, 7) is 3.58. The minimum Gasteiger partial charge on any atom is -0.462 e. The lowest BCUT2D eigenvalue weighted by Gasteiger charge is -2.19. The zero-order valence-corrected chi connectivity index (χ0v) is 34.1. The summed E-state index contributed by atoms with van der Waals surface area (Å²) in [4.78, 5) is 34.8. The van der Waals surface area contributed by atoms with Gasteiger partial charge in [0.15, 0.2) is 6.10 Å². The largest absolute Gasteiger partial charge is 0.472 e. The van der Waals surface area contributed by atoms with Crippen LogP contribution in [-0.2, 0) is 32.7 Å². The molecule has 0 amide bonds. The van der Waals surface area contributed by atoms with Gasteiger partial charge in [-0.05, 0) is 89.9 Å². The van der Waals surface area contributed by atoms with E-state index in [1.165, 1.54) is 44.9 Å². The van der Waals surface area contributed by atoms with Crippen molar-refractivity contribution in [1.82, 2.24) is 0 Å². The zero-order chi connectivity index (χ0) is 38.9. The number of hydrogen-bond donors (Lipinski definition) is 2. The highest BCUT2D eigenvalue weighted by Crippen LogP contribution is 2.43. The van der Waals surface area contributed by atoms with Crippen LogP contribution in [0.3, 0.4) is 0 Å². The Kier molecular flexibility index (Phi) is 37.3. The summed E-state index contributed by atoms with van der Waals surface area (Å²) in [5.74, 6) is -0.907. The molecule has 2 atom stereocenters. The van der Waals surface area contributed by atoms with Crippen LogP contribution in [0.1, 0.15) is 155 Å². The number of phosphoric acid groups is 1. The molecule has 0 spiro atoms. The lowest BCUT2D eigenvalue weighted by molar-refractivity contribution is -0.161. The average Bonchev–Trinajstić information content (AvgIpc) is 3.14. The maximum absolute atomic E-state index is 12.6. The average molecular weight is 764 g/mol. The Morgan fingerprint density at radius 3 is 1.47 bits per heavy atom. The molecule has 0 saturated heterocycles. The molecule has 0 aliphatic heterocycles. The second kappa shape index (κ2) is 39.2. The molecule has 0 aliphatic carbocycles. The molecule has 0 heterocycles. The van der Waals surface area contributed by atoms with Crippen molar-refractivity contribution in [2.45, 2.75) is 161 Å². The Morgan fingerprint density at radius 2 is 0.981 bits per heavy atom. The van der Waals surface area contributed by atoms with Crippen LogP contribution >= 0.6 is 7.82 Å². The second-order valence-electron chi connectivity index (χ2n) is 13.1. The predicted molar refractivity (Wildman–Crippen MR) is 219 cm³/mol. The molecule has 0 aromatic carbocycles. The molecule has 9 nitrogen and oxygen atoms in total. The molecule has 2 unspecified atom stereocenters. The third-order valence-electron chi connectivity index (χ3n) is 8.06. The van der Waals surface area contributed by atoms with Gasteiger partial charge in [-0.25, -0.2) is 4.57 Å². The highest BCUT2D eigenvalue weighted by Gasteiger charge is 2.25. The smallest absolute Gasteiger partial charge is 0.462 e. The number of rotatable bonds is 37. The number of carbonyl (C=O) groups excluding carboxylic acids is 2. The van der Waals surface area contributed by atoms with Crippen molar-refractivity contribution in [2.75, 3.05) is 26.4 Å². The van der Waals surface area contributed by atoms with E-state index >= 15 is 0 Å². The highest BCUT2D eigenvalue weighted by atomic mass is 31.2. The van der Waals surface area contributed by atoms with E-state index in [0.717, 1.165) is 70.6 Å². The van der Waals surface area contributed by atoms with Crippen LogP contribution in [0, 0.1) is 0 Å². The summed E-state index contributed by atoms with van der Waals surface area (Å²) in [6, 6.07) is 0. The number of unbranched alkanes of at least 4 members (excludes halogenated alkanes) is 12. The Labute approximate surface area is 322 Å². The SMILES string of the molecule is CCCCCC=CCC=CCC=CCCCCCCC(=O)OC(COC(=O)CCCCC=CCC=CCC=CCCCCC)COP(=O)(O)OCCN. The summed E-state index contributed by atoms with van der Waals surface area (Å²) in [5.41, 5.74) is 5.33. The van der Waals surface area contributed by atoms with Gasteiger partial charge >= 0.3 is 19.8 Å². The molecule has 10 heteroatoms. The molecule has 0 saturated carbocycles. The number of esters is 2. The van der Waals surface area contributed by atoms with Gasteiger partial charge in [-0.3, -0.25) is 18.6 Å². The molecule has 304 valence electrons. The number of allylic oxidation sites excluding steroid dienone is 12. The summed E-state index contributed by atoms with van der Waals surface area (Å²) in [6.07, 6.45) is 46.4. The summed E-state index contributed by atoms with van der Waals surface area (Å²) in [7, 11) is -4.39. The Balaban J connectivity index is 4.32. The molecule has 0 radical (unpaired) electrons. The maximum atomic E-state index is 12.6. The number of ether oxygens (including phenoxy) is 2. The first kappa shape index (κ1) is 50.5. The highest BCUT2D eigenvalue weighted by molar-refractivity contribution is 7.47. The zero-order valence-electron chi connectivity index (χ0n) is 33.2. The van der Waals surface area contributed by atoms with Crippen LogP contribution in [0.25, 0.3) is 0 Å². The number of phosphoric ester groups is 1. The van der Waals surface area contributed by atoms with Crippen LogP contribution in [-0.4, -0.2) is 49.3 Å². The maximum Gasteiger partial charge on any atom is 0.472 e. The van der Waals surface area contributed by atoms with E-state index in [2.05, 4.69) is 86.8 Å². The van der Waals surface area contributed by atoms with Gasteiger partial charge in [0.05, 0.1) is 13.2 Å².